The minimum Gasteiger partial charge on any atom is -0.449 e. The van der Waals surface area contributed by atoms with Gasteiger partial charge in [0.2, 0.25) is 0 Å². The van der Waals surface area contributed by atoms with Crippen LogP contribution < -0.4 is 14.4 Å². The van der Waals surface area contributed by atoms with Crippen LogP contribution in [0.15, 0.2) is 249 Å². The summed E-state index contributed by atoms with van der Waals surface area (Å²) in [6.07, 6.45) is 0. The summed E-state index contributed by atoms with van der Waals surface area (Å²) >= 11 is 0. The van der Waals surface area contributed by atoms with Gasteiger partial charge in [-0.2, -0.15) is 0 Å². The SMILES string of the molecule is c1ccc(-c2cc(N(c3ccccc3)c3ccc(C4(c5ccc6ccccc6c5)c5ccccc5-c5c4ccc4c5Oc5ccccc5O4)cc3)cc3c(-c4ccccc4)cccc23)cc1. The van der Waals surface area contributed by atoms with E-state index in [0.29, 0.717) is 17.2 Å². The molecule has 1 aliphatic carbocycles. The second kappa shape index (κ2) is 15.3. The van der Waals surface area contributed by atoms with Crippen LogP contribution in [0.3, 0.4) is 0 Å². The maximum atomic E-state index is 6.84. The fraction of sp³-hybridized carbons (Fsp3) is 0.0159. The first-order valence-electron chi connectivity index (χ1n) is 22.6. The van der Waals surface area contributed by atoms with Crippen molar-refractivity contribution in [2.75, 3.05) is 4.90 Å². The number of hydrogen-bond acceptors (Lipinski definition) is 3. The molecule has 11 aromatic carbocycles. The normalized spacial score (nSPS) is 14.4. The molecule has 3 nitrogen and oxygen atoms in total. The number of nitrogens with zero attached hydrogens (tertiary/aromatic N) is 1. The molecule has 0 amide bonds. The van der Waals surface area contributed by atoms with Crippen LogP contribution >= 0.6 is 0 Å². The van der Waals surface area contributed by atoms with Gasteiger partial charge in [0.05, 0.1) is 5.41 Å². The van der Waals surface area contributed by atoms with Gasteiger partial charge in [0.25, 0.3) is 0 Å². The third-order valence-electron chi connectivity index (χ3n) is 13.6. The first-order valence-corrected chi connectivity index (χ1v) is 22.6. The lowest BCUT2D eigenvalue weighted by molar-refractivity contribution is 0.360. The van der Waals surface area contributed by atoms with Gasteiger partial charge in [-0.05, 0) is 132 Å². The zero-order valence-corrected chi connectivity index (χ0v) is 35.9. The van der Waals surface area contributed by atoms with Gasteiger partial charge in [-0.3, -0.25) is 0 Å². The molecular weight excluding hydrogens is 803 g/mol. The average molecular weight is 844 g/mol. The lowest BCUT2D eigenvalue weighted by Crippen LogP contribution is -2.28. The number of para-hydroxylation sites is 3. The van der Waals surface area contributed by atoms with E-state index in [1.54, 1.807) is 0 Å². The third kappa shape index (κ3) is 5.91. The van der Waals surface area contributed by atoms with E-state index in [2.05, 4.69) is 229 Å². The van der Waals surface area contributed by atoms with Crippen molar-refractivity contribution in [2.45, 2.75) is 5.41 Å². The topological polar surface area (TPSA) is 21.7 Å². The summed E-state index contributed by atoms with van der Waals surface area (Å²) in [7, 11) is 0. The molecule has 0 saturated carbocycles. The van der Waals surface area contributed by atoms with E-state index in [1.165, 1.54) is 54.9 Å². The number of benzene rings is 11. The molecule has 0 radical (unpaired) electrons. The number of hydrogen-bond donors (Lipinski definition) is 0. The Bertz CT molecular complexity index is 3640. The van der Waals surface area contributed by atoms with Gasteiger partial charge in [-0.15, -0.1) is 0 Å². The maximum Gasteiger partial charge on any atom is 0.178 e. The van der Waals surface area contributed by atoms with Crippen LogP contribution in [0.5, 0.6) is 23.0 Å². The Morgan fingerprint density at radius 1 is 0.318 bits per heavy atom. The molecule has 0 saturated heterocycles. The molecule has 0 N–H and O–H groups in total. The van der Waals surface area contributed by atoms with Crippen LogP contribution in [-0.2, 0) is 5.41 Å². The standard InChI is InChI=1S/C63H41NO2/c1-4-18-43(19-5-1)51-26-16-27-52-54(44-20-6-2-7-21-44)40-50(41-55(51)52)64(48-23-8-3-9-24-48)49-35-33-46(34-36-49)63(47-32-31-42-17-10-11-22-45(42)39-47)56-28-13-12-25-53(56)61-57(63)37-38-60-62(61)66-59-30-15-14-29-58(59)65-60/h1-41H. The Morgan fingerprint density at radius 3 is 1.70 bits per heavy atom. The second-order valence-corrected chi connectivity index (χ2v) is 17.2. The summed E-state index contributed by atoms with van der Waals surface area (Å²) in [6.45, 7) is 0. The Hall–Kier alpha value is -8.66. The van der Waals surface area contributed by atoms with Gasteiger partial charge in [0.1, 0.15) is 0 Å². The highest BCUT2D eigenvalue weighted by Crippen LogP contribution is 2.62. The lowest BCUT2D eigenvalue weighted by Gasteiger charge is -2.35. The molecule has 1 unspecified atom stereocenters. The molecule has 1 heterocycles. The largest absolute Gasteiger partial charge is 0.449 e. The predicted molar refractivity (Wildman–Crippen MR) is 271 cm³/mol. The summed E-state index contributed by atoms with van der Waals surface area (Å²) in [5.74, 6) is 2.89. The van der Waals surface area contributed by atoms with E-state index in [9.17, 15) is 0 Å². The van der Waals surface area contributed by atoms with Gasteiger partial charge >= 0.3 is 0 Å². The van der Waals surface area contributed by atoms with Crippen molar-refractivity contribution < 1.29 is 9.47 Å². The quantitative estimate of drug-likeness (QED) is 0.160. The molecule has 1 atom stereocenters. The number of ether oxygens (including phenoxy) is 2. The van der Waals surface area contributed by atoms with E-state index in [-0.39, 0.29) is 0 Å². The van der Waals surface area contributed by atoms with Crippen LogP contribution in [0.2, 0.25) is 0 Å². The van der Waals surface area contributed by atoms with E-state index in [4.69, 9.17) is 9.47 Å². The Balaban J connectivity index is 1.04. The van der Waals surface area contributed by atoms with Crippen LogP contribution in [0, 0.1) is 0 Å². The molecule has 11 aromatic rings. The predicted octanol–water partition coefficient (Wildman–Crippen LogP) is 17.1. The van der Waals surface area contributed by atoms with Crippen LogP contribution in [-0.4, -0.2) is 0 Å². The summed E-state index contributed by atoms with van der Waals surface area (Å²) in [4.78, 5) is 2.40. The van der Waals surface area contributed by atoms with E-state index >= 15 is 0 Å². The van der Waals surface area contributed by atoms with Gasteiger partial charge in [0.15, 0.2) is 23.0 Å². The summed E-state index contributed by atoms with van der Waals surface area (Å²) in [5, 5.41) is 4.81. The van der Waals surface area contributed by atoms with Crippen molar-refractivity contribution in [3.63, 3.8) is 0 Å². The van der Waals surface area contributed by atoms with E-state index in [1.807, 2.05) is 24.3 Å². The van der Waals surface area contributed by atoms with Crippen molar-refractivity contribution in [3.05, 3.63) is 271 Å². The fourth-order valence-corrected chi connectivity index (χ4v) is 10.7. The third-order valence-corrected chi connectivity index (χ3v) is 13.6. The monoisotopic (exact) mass is 843 g/mol. The average Bonchev–Trinajstić information content (AvgIpc) is 3.70. The van der Waals surface area contributed by atoms with E-state index in [0.717, 1.165) is 45.1 Å². The molecule has 1 aliphatic heterocycles. The summed E-state index contributed by atoms with van der Waals surface area (Å²) in [5.41, 5.74) is 14.2. The fourth-order valence-electron chi connectivity index (χ4n) is 10.7. The van der Waals surface area contributed by atoms with Crippen molar-refractivity contribution in [1.29, 1.82) is 0 Å². The van der Waals surface area contributed by atoms with Crippen molar-refractivity contribution >= 4 is 38.6 Å². The lowest BCUT2D eigenvalue weighted by atomic mass is 9.67. The summed E-state index contributed by atoms with van der Waals surface area (Å²) < 4.78 is 13.4. The molecule has 0 bridgehead atoms. The highest BCUT2D eigenvalue weighted by molar-refractivity contribution is 6.07. The van der Waals surface area contributed by atoms with Crippen LogP contribution in [0.1, 0.15) is 22.3 Å². The number of rotatable bonds is 7. The highest BCUT2D eigenvalue weighted by atomic mass is 16.6. The minimum atomic E-state index is -0.685. The van der Waals surface area contributed by atoms with Gasteiger partial charge in [-0.1, -0.05) is 188 Å². The zero-order valence-electron chi connectivity index (χ0n) is 35.9. The molecule has 2 aliphatic rings. The highest BCUT2D eigenvalue weighted by Gasteiger charge is 2.48. The maximum absolute atomic E-state index is 6.84. The molecule has 310 valence electrons. The molecule has 13 rings (SSSR count). The van der Waals surface area contributed by atoms with Crippen molar-refractivity contribution in [1.82, 2.24) is 0 Å². The Labute approximate surface area is 384 Å². The van der Waals surface area contributed by atoms with Gasteiger partial charge < -0.3 is 14.4 Å². The molecular formula is C63H41NO2. The first-order chi connectivity index (χ1) is 32.7. The summed E-state index contributed by atoms with van der Waals surface area (Å²) in [6, 6.07) is 89.6. The molecule has 0 aromatic heterocycles. The van der Waals surface area contributed by atoms with Crippen LogP contribution in [0.25, 0.3) is 54.9 Å². The minimum absolute atomic E-state index is 0.685. The first kappa shape index (κ1) is 37.9. The van der Waals surface area contributed by atoms with Crippen LogP contribution in [0.4, 0.5) is 17.1 Å². The van der Waals surface area contributed by atoms with Crippen molar-refractivity contribution in [3.8, 4) is 56.4 Å². The van der Waals surface area contributed by atoms with Gasteiger partial charge in [-0.25, -0.2) is 0 Å². The number of anilines is 3. The second-order valence-electron chi connectivity index (χ2n) is 17.2. The molecule has 0 spiro atoms. The number of fused-ring (bicyclic) bond motifs is 8. The molecule has 3 heteroatoms. The Kier molecular flexibility index (Phi) is 8.75. The Morgan fingerprint density at radius 2 is 0.924 bits per heavy atom. The zero-order chi connectivity index (χ0) is 43.6. The van der Waals surface area contributed by atoms with Gasteiger partial charge in [0, 0.05) is 22.6 Å². The van der Waals surface area contributed by atoms with E-state index < -0.39 is 5.41 Å². The van der Waals surface area contributed by atoms with Crippen molar-refractivity contribution in [2.24, 2.45) is 0 Å². The smallest absolute Gasteiger partial charge is 0.178 e. The molecule has 0 fully saturated rings. The molecule has 66 heavy (non-hydrogen) atoms.